The Morgan fingerprint density at radius 3 is 1.50 bits per heavy atom. The average Bonchev–Trinajstić information content (AvgIpc) is 3.18. The molecule has 3 nitrogen and oxygen atoms in total. The van der Waals surface area contributed by atoms with Crippen molar-refractivity contribution in [3.05, 3.63) is 170 Å². The van der Waals surface area contributed by atoms with Gasteiger partial charge >= 0.3 is 0 Å². The summed E-state index contributed by atoms with van der Waals surface area (Å²) >= 11 is 0. The van der Waals surface area contributed by atoms with Crippen LogP contribution >= 0.6 is 0 Å². The lowest BCUT2D eigenvalue weighted by molar-refractivity contribution is 0.978. The molecule has 0 saturated heterocycles. The predicted octanol–water partition coefficient (Wildman–Crippen LogP) is 11.7. The molecule has 1 aliphatic rings. The van der Waals surface area contributed by atoms with Crippen molar-refractivity contribution in [3.8, 4) is 45.0 Å². The highest BCUT2D eigenvalue weighted by Gasteiger charge is 2.16. The zero-order valence-electron chi connectivity index (χ0n) is 26.3. The number of hydrogen-bond acceptors (Lipinski definition) is 3. The highest BCUT2D eigenvalue weighted by Crippen LogP contribution is 2.35. The smallest absolute Gasteiger partial charge is 0.164 e. The first-order valence-electron chi connectivity index (χ1n) is 16.5. The van der Waals surface area contributed by atoms with Crippen molar-refractivity contribution in [3.63, 3.8) is 0 Å². The van der Waals surface area contributed by atoms with E-state index < -0.39 is 0 Å². The molecule has 226 valence electrons. The third-order valence-electron chi connectivity index (χ3n) is 9.36. The van der Waals surface area contributed by atoms with Crippen molar-refractivity contribution in [2.75, 3.05) is 0 Å². The number of hydrogen-bond donors (Lipinski definition) is 0. The number of rotatable bonds is 5. The van der Waals surface area contributed by atoms with Gasteiger partial charge in [0.15, 0.2) is 17.5 Å². The molecule has 3 heteroatoms. The molecule has 0 spiro atoms. The molecule has 0 N–H and O–H groups in total. The molecule has 1 aliphatic carbocycles. The Morgan fingerprint density at radius 2 is 0.875 bits per heavy atom. The van der Waals surface area contributed by atoms with E-state index >= 15 is 0 Å². The van der Waals surface area contributed by atoms with Gasteiger partial charge in [0.1, 0.15) is 0 Å². The molecular weight excluding hydrogens is 583 g/mol. The summed E-state index contributed by atoms with van der Waals surface area (Å²) in [5.74, 6) is 2.11. The zero-order chi connectivity index (χ0) is 31.9. The van der Waals surface area contributed by atoms with E-state index in [0.717, 1.165) is 46.3 Å². The Balaban J connectivity index is 1.15. The Labute approximate surface area is 279 Å². The first kappa shape index (κ1) is 28.1. The van der Waals surface area contributed by atoms with Gasteiger partial charge < -0.3 is 0 Å². The Morgan fingerprint density at radius 1 is 0.375 bits per heavy atom. The van der Waals surface area contributed by atoms with E-state index in [-0.39, 0.29) is 0 Å². The summed E-state index contributed by atoms with van der Waals surface area (Å²) < 4.78 is 0. The molecule has 9 rings (SSSR count). The molecule has 0 bridgehead atoms. The highest BCUT2D eigenvalue weighted by molar-refractivity contribution is 6.18. The summed E-state index contributed by atoms with van der Waals surface area (Å²) in [5, 5.41) is 7.39. The Kier molecular flexibility index (Phi) is 6.94. The second-order valence-corrected chi connectivity index (χ2v) is 12.4. The van der Waals surface area contributed by atoms with Gasteiger partial charge in [-0.3, -0.25) is 0 Å². The summed E-state index contributed by atoms with van der Waals surface area (Å²) in [6.07, 6.45) is 8.32. The van der Waals surface area contributed by atoms with Crippen molar-refractivity contribution >= 4 is 37.9 Å². The third kappa shape index (κ3) is 5.16. The van der Waals surface area contributed by atoms with Crippen LogP contribution < -0.4 is 0 Å². The molecule has 1 heterocycles. The molecule has 0 radical (unpaired) electrons. The monoisotopic (exact) mass is 613 g/mol. The molecule has 7 aromatic carbocycles. The molecule has 48 heavy (non-hydrogen) atoms. The van der Waals surface area contributed by atoms with Crippen molar-refractivity contribution in [1.82, 2.24) is 15.0 Å². The first-order valence-corrected chi connectivity index (χ1v) is 16.5. The summed E-state index contributed by atoms with van der Waals surface area (Å²) in [5.41, 5.74) is 7.85. The van der Waals surface area contributed by atoms with E-state index in [1.54, 1.807) is 0 Å². The second-order valence-electron chi connectivity index (χ2n) is 12.4. The Hall–Kier alpha value is -6.19. The Bertz CT molecular complexity index is 2550. The van der Waals surface area contributed by atoms with Gasteiger partial charge in [0.05, 0.1) is 0 Å². The fourth-order valence-electron chi connectivity index (χ4n) is 6.87. The number of benzene rings is 7. The van der Waals surface area contributed by atoms with Crippen LogP contribution in [0, 0.1) is 0 Å². The molecular formula is C45H31N3. The van der Waals surface area contributed by atoms with Crippen LogP contribution in [-0.2, 0) is 0 Å². The summed E-state index contributed by atoms with van der Waals surface area (Å²) in [6.45, 7) is 0. The predicted molar refractivity (Wildman–Crippen MR) is 200 cm³/mol. The van der Waals surface area contributed by atoms with Crippen LogP contribution in [0.15, 0.2) is 164 Å². The molecule has 8 aromatic rings. The largest absolute Gasteiger partial charge is 0.209 e. The number of fused-ring (bicyclic) bond motifs is 5. The zero-order valence-corrected chi connectivity index (χ0v) is 26.3. The van der Waals surface area contributed by atoms with E-state index in [9.17, 15) is 0 Å². The lowest BCUT2D eigenvalue weighted by atomic mass is 9.94. The topological polar surface area (TPSA) is 38.7 Å². The summed E-state index contributed by atoms with van der Waals surface area (Å²) in [4.78, 5) is 15.2. The van der Waals surface area contributed by atoms with Crippen LogP contribution in [0.3, 0.4) is 0 Å². The molecule has 0 unspecified atom stereocenters. The molecule has 0 aliphatic heterocycles. The van der Waals surface area contributed by atoms with Crippen molar-refractivity contribution in [2.24, 2.45) is 0 Å². The molecule has 0 amide bonds. The van der Waals surface area contributed by atoms with Crippen LogP contribution in [0.4, 0.5) is 0 Å². The van der Waals surface area contributed by atoms with Crippen molar-refractivity contribution in [2.45, 2.75) is 12.8 Å². The summed E-state index contributed by atoms with van der Waals surface area (Å²) in [6, 6.07) is 51.8. The highest BCUT2D eigenvalue weighted by atomic mass is 15.0. The van der Waals surface area contributed by atoms with E-state index in [0.29, 0.717) is 11.6 Å². The van der Waals surface area contributed by atoms with Gasteiger partial charge in [-0.15, -0.1) is 0 Å². The van der Waals surface area contributed by atoms with E-state index in [4.69, 9.17) is 15.0 Å². The quantitative estimate of drug-likeness (QED) is 0.181. The minimum Gasteiger partial charge on any atom is -0.209 e. The van der Waals surface area contributed by atoms with Gasteiger partial charge in [-0.1, -0.05) is 146 Å². The van der Waals surface area contributed by atoms with Gasteiger partial charge in [-0.2, -0.15) is 0 Å². The summed E-state index contributed by atoms with van der Waals surface area (Å²) in [7, 11) is 0. The lowest BCUT2D eigenvalue weighted by Crippen LogP contribution is -2.03. The van der Waals surface area contributed by atoms with Gasteiger partial charge in [0.2, 0.25) is 0 Å². The normalized spacial score (nSPS) is 12.9. The maximum absolute atomic E-state index is 5.08. The van der Waals surface area contributed by atoms with E-state index in [2.05, 4.69) is 158 Å². The maximum Gasteiger partial charge on any atom is 0.164 e. The van der Waals surface area contributed by atoms with Gasteiger partial charge in [0, 0.05) is 11.1 Å². The van der Waals surface area contributed by atoms with Crippen molar-refractivity contribution < 1.29 is 0 Å². The lowest BCUT2D eigenvalue weighted by Gasteiger charge is -2.13. The number of allylic oxidation sites excluding steroid dienone is 4. The van der Waals surface area contributed by atoms with Crippen LogP contribution in [0.5, 0.6) is 0 Å². The maximum atomic E-state index is 5.08. The average molecular weight is 614 g/mol. The third-order valence-corrected chi connectivity index (χ3v) is 9.36. The van der Waals surface area contributed by atoms with Crippen LogP contribution in [0.2, 0.25) is 0 Å². The SMILES string of the molecule is C1=CCCC(c2nc(-c3cccc(-c4ccccc4)c3)nc(-c3ccc4c(ccc5c6ccc(-c7ccccc7)cc6ccc45)c3)n2)=C1. The van der Waals surface area contributed by atoms with Gasteiger partial charge in [0.25, 0.3) is 0 Å². The van der Waals surface area contributed by atoms with Crippen molar-refractivity contribution in [1.29, 1.82) is 0 Å². The van der Waals surface area contributed by atoms with Gasteiger partial charge in [-0.25, -0.2) is 15.0 Å². The fraction of sp³-hybridized carbons (Fsp3) is 0.0444. The number of nitrogens with zero attached hydrogens (tertiary/aromatic N) is 3. The first-order chi connectivity index (χ1) is 23.8. The number of aromatic nitrogens is 3. The van der Waals surface area contributed by atoms with Crippen LogP contribution in [0.1, 0.15) is 18.7 Å². The minimum absolute atomic E-state index is 0.684. The molecule has 0 atom stereocenters. The van der Waals surface area contributed by atoms with E-state index in [1.165, 1.54) is 43.6 Å². The molecule has 1 aromatic heterocycles. The molecule has 0 fully saturated rings. The standard InChI is InChI=1S/C45H31N3/c1-4-11-30(12-5-1)33-17-10-18-37(28-33)44-46-43(32-15-8-3-9-16-32)47-45(48-44)38-22-24-40-36(29-38)21-26-41-39-23-19-34(31-13-6-2-7-14-31)27-35(39)20-25-42(40)41/h1-8,10-15,17-29H,9,16H2. The van der Waals surface area contributed by atoms with Gasteiger partial charge in [-0.05, 0) is 91.2 Å². The van der Waals surface area contributed by atoms with E-state index in [1.807, 2.05) is 6.07 Å². The minimum atomic E-state index is 0.684. The van der Waals surface area contributed by atoms with Crippen LogP contribution in [-0.4, -0.2) is 15.0 Å². The van der Waals surface area contributed by atoms with Crippen LogP contribution in [0.25, 0.3) is 82.9 Å². The fourth-order valence-corrected chi connectivity index (χ4v) is 6.87. The molecule has 0 saturated carbocycles. The second kappa shape index (κ2) is 11.9.